The summed E-state index contributed by atoms with van der Waals surface area (Å²) in [5.74, 6) is 0.874. The number of hydrogen-bond acceptors (Lipinski definition) is 2. The van der Waals surface area contributed by atoms with E-state index < -0.39 is 0 Å². The Hall–Kier alpha value is -1.09. The molecule has 18 heavy (non-hydrogen) atoms. The lowest BCUT2D eigenvalue weighted by molar-refractivity contribution is 0.309. The minimum atomic E-state index is 0.421. The molecule has 0 fully saturated rings. The SMILES string of the molecule is CC.CC.CCCCOc1ccc(C(N)=S)cc1. The van der Waals surface area contributed by atoms with Crippen LogP contribution in [0, 0.1) is 0 Å². The van der Waals surface area contributed by atoms with Gasteiger partial charge in [-0.15, -0.1) is 0 Å². The minimum absolute atomic E-state index is 0.421. The van der Waals surface area contributed by atoms with Crippen molar-refractivity contribution >= 4 is 17.2 Å². The van der Waals surface area contributed by atoms with Gasteiger partial charge in [0.15, 0.2) is 0 Å². The van der Waals surface area contributed by atoms with Crippen LogP contribution < -0.4 is 10.5 Å². The lowest BCUT2D eigenvalue weighted by Crippen LogP contribution is -2.08. The lowest BCUT2D eigenvalue weighted by atomic mass is 10.2. The van der Waals surface area contributed by atoms with Crippen LogP contribution in [0.4, 0.5) is 0 Å². The molecule has 0 aliphatic rings. The molecule has 0 saturated heterocycles. The zero-order valence-corrected chi connectivity index (χ0v) is 13.1. The van der Waals surface area contributed by atoms with E-state index in [1.165, 1.54) is 0 Å². The highest BCUT2D eigenvalue weighted by molar-refractivity contribution is 7.80. The quantitative estimate of drug-likeness (QED) is 0.629. The first-order valence-corrected chi connectivity index (χ1v) is 7.17. The Morgan fingerprint density at radius 2 is 1.61 bits per heavy atom. The van der Waals surface area contributed by atoms with E-state index in [1.807, 2.05) is 52.0 Å². The van der Waals surface area contributed by atoms with E-state index in [-0.39, 0.29) is 0 Å². The molecule has 0 atom stereocenters. The molecular formula is C15H27NOS. The summed E-state index contributed by atoms with van der Waals surface area (Å²) in [4.78, 5) is 0.421. The second-order valence-electron chi connectivity index (χ2n) is 3.09. The normalized spacial score (nSPS) is 8.28. The number of rotatable bonds is 5. The fraction of sp³-hybridized carbons (Fsp3) is 0.533. The molecule has 0 aliphatic carbocycles. The highest BCUT2D eigenvalue weighted by Gasteiger charge is 1.96. The largest absolute Gasteiger partial charge is 0.494 e. The average Bonchev–Trinajstić information content (AvgIpc) is 2.44. The van der Waals surface area contributed by atoms with Crippen LogP contribution in [-0.4, -0.2) is 11.6 Å². The number of unbranched alkanes of at least 4 members (excludes halogenated alkanes) is 1. The van der Waals surface area contributed by atoms with Crippen LogP contribution in [0.2, 0.25) is 0 Å². The van der Waals surface area contributed by atoms with Gasteiger partial charge in [0, 0.05) is 5.56 Å². The highest BCUT2D eigenvalue weighted by Crippen LogP contribution is 2.12. The number of thiocarbonyl (C=S) groups is 1. The zero-order chi connectivity index (χ0) is 14.4. The Morgan fingerprint density at radius 3 is 2.00 bits per heavy atom. The van der Waals surface area contributed by atoms with Crippen LogP contribution in [0.5, 0.6) is 5.75 Å². The summed E-state index contributed by atoms with van der Waals surface area (Å²) in [6.45, 7) is 10.9. The summed E-state index contributed by atoms with van der Waals surface area (Å²) in [6.07, 6.45) is 2.22. The second kappa shape index (κ2) is 14.0. The molecule has 0 unspecified atom stereocenters. The molecule has 0 heterocycles. The van der Waals surface area contributed by atoms with Crippen LogP contribution in [0.25, 0.3) is 0 Å². The third-order valence-electron chi connectivity index (χ3n) is 1.91. The highest BCUT2D eigenvalue weighted by atomic mass is 32.1. The topological polar surface area (TPSA) is 35.2 Å². The Balaban J connectivity index is 0. The first-order chi connectivity index (χ1) is 8.74. The van der Waals surface area contributed by atoms with Gasteiger partial charge >= 0.3 is 0 Å². The Bertz CT molecular complexity index is 296. The molecule has 0 aromatic heterocycles. The Morgan fingerprint density at radius 1 is 1.11 bits per heavy atom. The van der Waals surface area contributed by atoms with E-state index in [2.05, 4.69) is 6.92 Å². The van der Waals surface area contributed by atoms with Crippen LogP contribution in [-0.2, 0) is 0 Å². The molecule has 3 heteroatoms. The molecule has 1 rings (SSSR count). The maximum absolute atomic E-state index is 5.50. The van der Waals surface area contributed by atoms with E-state index in [1.54, 1.807) is 0 Å². The molecule has 0 amide bonds. The lowest BCUT2D eigenvalue weighted by Gasteiger charge is -2.05. The van der Waals surface area contributed by atoms with E-state index in [9.17, 15) is 0 Å². The molecule has 2 N–H and O–H groups in total. The van der Waals surface area contributed by atoms with E-state index in [4.69, 9.17) is 22.7 Å². The number of ether oxygens (including phenoxy) is 1. The van der Waals surface area contributed by atoms with Crippen molar-refractivity contribution in [3.8, 4) is 5.75 Å². The molecule has 1 aromatic carbocycles. The first kappa shape index (κ1) is 19.3. The molecule has 0 aliphatic heterocycles. The smallest absolute Gasteiger partial charge is 0.119 e. The van der Waals surface area contributed by atoms with Crippen molar-refractivity contribution in [3.63, 3.8) is 0 Å². The average molecular weight is 269 g/mol. The van der Waals surface area contributed by atoms with Crippen molar-refractivity contribution in [3.05, 3.63) is 29.8 Å². The summed E-state index contributed by atoms with van der Waals surface area (Å²) >= 11 is 4.85. The van der Waals surface area contributed by atoms with Crippen molar-refractivity contribution in [2.75, 3.05) is 6.61 Å². The monoisotopic (exact) mass is 269 g/mol. The summed E-state index contributed by atoms with van der Waals surface area (Å²) in [6, 6.07) is 7.54. The standard InChI is InChI=1S/C11H15NOS.2C2H6/c1-2-3-8-13-10-6-4-9(5-7-10)11(12)14;2*1-2/h4-7H,2-3,8H2,1H3,(H2,12,14);2*1-2H3. The summed E-state index contributed by atoms with van der Waals surface area (Å²) < 4.78 is 5.50. The second-order valence-corrected chi connectivity index (χ2v) is 3.53. The maximum atomic E-state index is 5.50. The van der Waals surface area contributed by atoms with Gasteiger partial charge in [0.1, 0.15) is 10.7 Å². The molecular weight excluding hydrogens is 242 g/mol. The van der Waals surface area contributed by atoms with Gasteiger partial charge in [-0.1, -0.05) is 53.3 Å². The maximum Gasteiger partial charge on any atom is 0.119 e. The molecule has 0 bridgehead atoms. The van der Waals surface area contributed by atoms with Gasteiger partial charge in [0.25, 0.3) is 0 Å². The van der Waals surface area contributed by atoms with Crippen molar-refractivity contribution in [2.45, 2.75) is 47.5 Å². The third-order valence-corrected chi connectivity index (χ3v) is 2.14. The Kier molecular flexibility index (Phi) is 14.9. The van der Waals surface area contributed by atoms with Crippen LogP contribution in [0.15, 0.2) is 24.3 Å². The van der Waals surface area contributed by atoms with Crippen molar-refractivity contribution < 1.29 is 4.74 Å². The predicted molar refractivity (Wildman–Crippen MR) is 85.4 cm³/mol. The van der Waals surface area contributed by atoms with E-state index >= 15 is 0 Å². The first-order valence-electron chi connectivity index (χ1n) is 6.76. The van der Waals surface area contributed by atoms with Gasteiger partial charge in [-0.05, 0) is 30.7 Å². The van der Waals surface area contributed by atoms with E-state index in [0.717, 1.165) is 30.8 Å². The van der Waals surface area contributed by atoms with Crippen molar-refractivity contribution in [2.24, 2.45) is 5.73 Å². The number of nitrogens with two attached hydrogens (primary N) is 1. The number of benzene rings is 1. The van der Waals surface area contributed by atoms with Crippen LogP contribution >= 0.6 is 12.2 Å². The fourth-order valence-corrected chi connectivity index (χ4v) is 1.19. The van der Waals surface area contributed by atoms with Gasteiger partial charge < -0.3 is 10.5 Å². The predicted octanol–water partition coefficient (Wildman–Crippen LogP) is 4.55. The molecule has 1 aromatic rings. The van der Waals surface area contributed by atoms with Crippen LogP contribution in [0.1, 0.15) is 53.0 Å². The number of hydrogen-bond donors (Lipinski definition) is 1. The van der Waals surface area contributed by atoms with Gasteiger partial charge in [0.2, 0.25) is 0 Å². The molecule has 0 radical (unpaired) electrons. The van der Waals surface area contributed by atoms with Gasteiger partial charge in [0.05, 0.1) is 6.61 Å². The van der Waals surface area contributed by atoms with Gasteiger partial charge in [-0.3, -0.25) is 0 Å². The zero-order valence-electron chi connectivity index (χ0n) is 12.3. The molecule has 0 spiro atoms. The van der Waals surface area contributed by atoms with Crippen molar-refractivity contribution in [1.82, 2.24) is 0 Å². The third kappa shape index (κ3) is 8.99. The van der Waals surface area contributed by atoms with Gasteiger partial charge in [-0.25, -0.2) is 0 Å². The Labute approximate surface area is 118 Å². The van der Waals surface area contributed by atoms with Gasteiger partial charge in [-0.2, -0.15) is 0 Å². The fourth-order valence-electron chi connectivity index (χ4n) is 1.05. The molecule has 2 nitrogen and oxygen atoms in total. The van der Waals surface area contributed by atoms with E-state index in [0.29, 0.717) is 4.99 Å². The van der Waals surface area contributed by atoms with Crippen LogP contribution in [0.3, 0.4) is 0 Å². The molecule has 0 saturated carbocycles. The summed E-state index contributed by atoms with van der Waals surface area (Å²) in [5.41, 5.74) is 6.35. The summed E-state index contributed by atoms with van der Waals surface area (Å²) in [5, 5.41) is 0. The minimum Gasteiger partial charge on any atom is -0.494 e. The molecule has 104 valence electrons. The van der Waals surface area contributed by atoms with Crippen molar-refractivity contribution in [1.29, 1.82) is 0 Å². The summed E-state index contributed by atoms with van der Waals surface area (Å²) in [7, 11) is 0.